The highest BCUT2D eigenvalue weighted by Gasteiger charge is 2.56. The zero-order chi connectivity index (χ0) is 17.3. The van der Waals surface area contributed by atoms with Crippen molar-refractivity contribution in [3.05, 3.63) is 0 Å². The van der Waals surface area contributed by atoms with E-state index in [0.29, 0.717) is 0 Å². The van der Waals surface area contributed by atoms with E-state index in [-0.39, 0.29) is 12.4 Å². The molecule has 0 aliphatic carbocycles. The van der Waals surface area contributed by atoms with Crippen molar-refractivity contribution in [2.24, 2.45) is 5.92 Å². The summed E-state index contributed by atoms with van der Waals surface area (Å²) < 4.78 is 16.3. The number of ether oxygens (including phenoxy) is 3. The molecule has 2 unspecified atom stereocenters. The number of rotatable bonds is 4. The summed E-state index contributed by atoms with van der Waals surface area (Å²) >= 11 is 0. The molecule has 22 heavy (non-hydrogen) atoms. The summed E-state index contributed by atoms with van der Waals surface area (Å²) in [4.78, 5) is 24.7. The molecule has 0 aromatic carbocycles. The Bertz CT molecular complexity index is 436. The number of methoxy groups -OCH3 is 1. The quantitative estimate of drug-likeness (QED) is 0.861. The lowest BCUT2D eigenvalue weighted by Crippen LogP contribution is -2.52. The first-order valence-electron chi connectivity index (χ1n) is 7.53. The molecule has 1 aliphatic heterocycles. The molecule has 0 saturated carbocycles. The van der Waals surface area contributed by atoms with Crippen LogP contribution in [0.4, 0.5) is 4.79 Å². The first kappa shape index (κ1) is 18.9. The molecule has 0 spiro atoms. The number of alkyl carbamates (subject to hydrolysis) is 1. The van der Waals surface area contributed by atoms with Gasteiger partial charge in [-0.3, -0.25) is 4.79 Å². The summed E-state index contributed by atoms with van der Waals surface area (Å²) in [6.07, 6.45) is -0.567. The number of nitrogens with one attached hydrogen (secondary N) is 1. The van der Waals surface area contributed by atoms with Gasteiger partial charge in [-0.2, -0.15) is 0 Å². The second-order valence-electron chi connectivity index (χ2n) is 7.77. The highest BCUT2D eigenvalue weighted by Crippen LogP contribution is 2.41. The van der Waals surface area contributed by atoms with Gasteiger partial charge in [0.2, 0.25) is 0 Å². The number of carbonyl (C=O) groups is 2. The van der Waals surface area contributed by atoms with Gasteiger partial charge in [-0.25, -0.2) is 4.79 Å². The lowest BCUT2D eigenvalue weighted by molar-refractivity contribution is -0.132. The van der Waals surface area contributed by atoms with Crippen molar-refractivity contribution in [1.29, 1.82) is 0 Å². The second-order valence-corrected chi connectivity index (χ2v) is 7.77. The number of ketones is 1. The van der Waals surface area contributed by atoms with Gasteiger partial charge in [0, 0.05) is 7.11 Å². The van der Waals surface area contributed by atoms with Gasteiger partial charge >= 0.3 is 6.09 Å². The average Bonchev–Trinajstić information content (AvgIpc) is 2.39. The maximum Gasteiger partial charge on any atom is 0.407 e. The molecule has 1 aliphatic rings. The molecular formula is C16H29NO5. The van der Waals surface area contributed by atoms with E-state index in [1.807, 2.05) is 13.8 Å². The molecule has 1 heterocycles. The predicted molar refractivity (Wildman–Crippen MR) is 82.8 cm³/mol. The van der Waals surface area contributed by atoms with Crippen LogP contribution in [0.25, 0.3) is 0 Å². The third-order valence-electron chi connectivity index (χ3n) is 3.59. The number of Topliss-reactive ketones (excluding diaryl/α,β-unsaturated/α-hetero) is 1. The van der Waals surface area contributed by atoms with Crippen LogP contribution in [-0.2, 0) is 19.0 Å². The van der Waals surface area contributed by atoms with Gasteiger partial charge < -0.3 is 19.5 Å². The van der Waals surface area contributed by atoms with Gasteiger partial charge in [-0.05, 0) is 48.5 Å². The van der Waals surface area contributed by atoms with Crippen molar-refractivity contribution in [2.75, 3.05) is 13.7 Å². The van der Waals surface area contributed by atoms with E-state index in [1.54, 1.807) is 34.6 Å². The predicted octanol–water partition coefficient (Wildman–Crippen LogP) is 2.30. The van der Waals surface area contributed by atoms with E-state index in [2.05, 4.69) is 5.32 Å². The van der Waals surface area contributed by atoms with Crippen molar-refractivity contribution in [3.8, 4) is 0 Å². The minimum absolute atomic E-state index is 0.0457. The van der Waals surface area contributed by atoms with Gasteiger partial charge in [0.05, 0.1) is 24.2 Å². The molecule has 0 aromatic heterocycles. The fourth-order valence-electron chi connectivity index (χ4n) is 2.99. The monoisotopic (exact) mass is 315 g/mol. The minimum Gasteiger partial charge on any atom is -0.444 e. The highest BCUT2D eigenvalue weighted by atomic mass is 16.6. The molecule has 1 N–H and O–H groups in total. The fraction of sp³-hybridized carbons (Fsp3) is 0.875. The zero-order valence-electron chi connectivity index (χ0n) is 14.9. The van der Waals surface area contributed by atoms with Crippen molar-refractivity contribution in [3.63, 3.8) is 0 Å². The molecule has 6 nitrogen and oxygen atoms in total. The van der Waals surface area contributed by atoms with Crippen LogP contribution < -0.4 is 5.32 Å². The fourth-order valence-corrected chi connectivity index (χ4v) is 2.99. The van der Waals surface area contributed by atoms with Crippen LogP contribution in [-0.4, -0.2) is 48.4 Å². The molecule has 1 saturated heterocycles. The Morgan fingerprint density at radius 2 is 1.86 bits per heavy atom. The number of hydrogen-bond acceptors (Lipinski definition) is 5. The zero-order valence-corrected chi connectivity index (χ0v) is 14.9. The molecular weight excluding hydrogens is 286 g/mol. The van der Waals surface area contributed by atoms with Crippen LogP contribution in [0.1, 0.15) is 48.5 Å². The van der Waals surface area contributed by atoms with Crippen molar-refractivity contribution in [1.82, 2.24) is 5.32 Å². The summed E-state index contributed by atoms with van der Waals surface area (Å²) in [6, 6.07) is -0.510. The van der Waals surface area contributed by atoms with Crippen molar-refractivity contribution < 1.29 is 23.8 Å². The van der Waals surface area contributed by atoms with Gasteiger partial charge in [0.15, 0.2) is 5.78 Å². The summed E-state index contributed by atoms with van der Waals surface area (Å²) in [5.41, 5.74) is -2.18. The number of amides is 1. The summed E-state index contributed by atoms with van der Waals surface area (Å²) in [6.45, 7) is 12.8. The van der Waals surface area contributed by atoms with Crippen LogP contribution in [0.3, 0.4) is 0 Å². The van der Waals surface area contributed by atoms with Crippen LogP contribution in [0.15, 0.2) is 0 Å². The standard InChI is InChI=1S/C16H29NO5/c1-14(2,3)21-13(19)17-10(9-20-8)11-12(18)16(6,7)22-15(11,4)5/h10-11H,9H2,1-8H3,(H,17,19). The summed E-state index contributed by atoms with van der Waals surface area (Å²) in [7, 11) is 1.53. The average molecular weight is 315 g/mol. The largest absolute Gasteiger partial charge is 0.444 e. The smallest absolute Gasteiger partial charge is 0.407 e. The Morgan fingerprint density at radius 3 is 2.23 bits per heavy atom. The Kier molecular flexibility index (Phi) is 5.30. The van der Waals surface area contributed by atoms with Gasteiger partial charge in [0.1, 0.15) is 11.2 Å². The third kappa shape index (κ3) is 4.43. The Hall–Kier alpha value is -1.14. The number of carbonyl (C=O) groups excluding carboxylic acids is 2. The van der Waals surface area contributed by atoms with Crippen molar-refractivity contribution >= 4 is 11.9 Å². The molecule has 1 rings (SSSR count). The van der Waals surface area contributed by atoms with E-state index in [1.165, 1.54) is 7.11 Å². The molecule has 2 atom stereocenters. The first-order valence-corrected chi connectivity index (χ1v) is 7.53. The van der Waals surface area contributed by atoms with Crippen LogP contribution in [0.5, 0.6) is 0 Å². The second kappa shape index (κ2) is 6.16. The molecule has 0 bridgehead atoms. The lowest BCUT2D eigenvalue weighted by atomic mass is 9.81. The van der Waals surface area contributed by atoms with E-state index in [0.717, 1.165) is 0 Å². The Balaban J connectivity index is 2.95. The minimum atomic E-state index is -0.879. The maximum atomic E-state index is 12.7. The van der Waals surface area contributed by atoms with E-state index in [9.17, 15) is 9.59 Å². The van der Waals surface area contributed by atoms with E-state index < -0.39 is 34.9 Å². The van der Waals surface area contributed by atoms with Crippen molar-refractivity contribution in [2.45, 2.75) is 71.3 Å². The normalized spacial score (nSPS) is 24.9. The SMILES string of the molecule is COCC(NC(=O)OC(C)(C)C)C1C(=O)C(C)(C)OC1(C)C. The molecule has 6 heteroatoms. The van der Waals surface area contributed by atoms with Crippen LogP contribution in [0, 0.1) is 5.92 Å². The van der Waals surface area contributed by atoms with Gasteiger partial charge in [-0.15, -0.1) is 0 Å². The summed E-state index contributed by atoms with van der Waals surface area (Å²) in [5, 5.41) is 2.75. The molecule has 1 amide bonds. The van der Waals surface area contributed by atoms with E-state index >= 15 is 0 Å². The Morgan fingerprint density at radius 1 is 1.32 bits per heavy atom. The topological polar surface area (TPSA) is 73.9 Å². The molecule has 1 fully saturated rings. The first-order chi connectivity index (χ1) is 9.80. The number of hydrogen-bond donors (Lipinski definition) is 1. The maximum absolute atomic E-state index is 12.7. The lowest BCUT2D eigenvalue weighted by Gasteiger charge is -2.32. The van der Waals surface area contributed by atoms with Gasteiger partial charge in [-0.1, -0.05) is 0 Å². The van der Waals surface area contributed by atoms with Crippen LogP contribution >= 0.6 is 0 Å². The molecule has 128 valence electrons. The Labute approximate surface area is 132 Å². The van der Waals surface area contributed by atoms with Gasteiger partial charge in [0.25, 0.3) is 0 Å². The molecule has 0 aromatic rings. The van der Waals surface area contributed by atoms with Crippen LogP contribution in [0.2, 0.25) is 0 Å². The highest BCUT2D eigenvalue weighted by molar-refractivity contribution is 5.92. The molecule has 0 radical (unpaired) electrons. The summed E-state index contributed by atoms with van der Waals surface area (Å²) in [5.74, 6) is -0.550. The third-order valence-corrected chi connectivity index (χ3v) is 3.59. The van der Waals surface area contributed by atoms with E-state index in [4.69, 9.17) is 14.2 Å².